The van der Waals surface area contributed by atoms with E-state index < -0.39 is 0 Å². The molecule has 1 atom stereocenters. The third-order valence-electron chi connectivity index (χ3n) is 3.56. The van der Waals surface area contributed by atoms with E-state index in [-0.39, 0.29) is 38.8 Å². The molecule has 1 aromatic heterocycles. The minimum atomic E-state index is 0. The van der Waals surface area contributed by atoms with Gasteiger partial charge in [-0.3, -0.25) is 0 Å². The first-order valence-electron chi connectivity index (χ1n) is 8.01. The number of hydrogen-bond acceptors (Lipinski definition) is 3. The van der Waals surface area contributed by atoms with Crippen molar-refractivity contribution in [2.24, 2.45) is 0 Å². The van der Waals surface area contributed by atoms with Crippen LogP contribution in [0, 0.1) is 13.0 Å². The van der Waals surface area contributed by atoms with Gasteiger partial charge in [0.05, 0.1) is 0 Å². The van der Waals surface area contributed by atoms with Crippen molar-refractivity contribution in [1.29, 1.82) is 0 Å². The zero-order valence-corrected chi connectivity index (χ0v) is 17.5. The molecular formula is C21H20NO2Y-. The van der Waals surface area contributed by atoms with Gasteiger partial charge >= 0.3 is 0 Å². The van der Waals surface area contributed by atoms with Gasteiger partial charge in [0.2, 0.25) is 5.88 Å². The number of aromatic nitrogens is 1. The number of nitrogens with zero attached hydrogens (tertiary/aromatic N) is 1. The molecule has 3 aromatic rings. The van der Waals surface area contributed by atoms with Gasteiger partial charge in [-0.15, -0.1) is 11.5 Å². The summed E-state index contributed by atoms with van der Waals surface area (Å²) in [7, 11) is 0. The van der Waals surface area contributed by atoms with Gasteiger partial charge in [-0.2, -0.15) is 23.8 Å². The fourth-order valence-corrected chi connectivity index (χ4v) is 2.42. The van der Waals surface area contributed by atoms with Crippen molar-refractivity contribution in [3.8, 4) is 17.4 Å². The number of allylic oxidation sites excluding steroid dienone is 1. The number of benzene rings is 2. The third-order valence-corrected chi connectivity index (χ3v) is 3.56. The van der Waals surface area contributed by atoms with Crippen LogP contribution in [-0.4, -0.2) is 11.1 Å². The molecule has 1 unspecified atom stereocenters. The SMILES string of the molecule is CC=CC(C)Oc1ccc(Oc2ccc3ccc(C)[c-]c3n2)cc1.[Y]. The molecule has 1 radical (unpaired) electrons. The molecule has 0 saturated heterocycles. The molecule has 0 aliphatic heterocycles. The van der Waals surface area contributed by atoms with Crippen molar-refractivity contribution in [2.45, 2.75) is 26.9 Å². The topological polar surface area (TPSA) is 31.4 Å². The Balaban J connectivity index is 0.00000225. The molecule has 0 saturated carbocycles. The summed E-state index contributed by atoms with van der Waals surface area (Å²) in [6, 6.07) is 18.7. The second-order valence-electron chi connectivity index (χ2n) is 5.65. The van der Waals surface area contributed by atoms with Crippen LogP contribution in [0.5, 0.6) is 17.4 Å². The maximum absolute atomic E-state index is 5.83. The van der Waals surface area contributed by atoms with E-state index in [1.54, 1.807) is 0 Å². The van der Waals surface area contributed by atoms with E-state index in [0.29, 0.717) is 5.88 Å². The summed E-state index contributed by atoms with van der Waals surface area (Å²) < 4.78 is 11.6. The van der Waals surface area contributed by atoms with E-state index in [1.165, 1.54) is 0 Å². The summed E-state index contributed by atoms with van der Waals surface area (Å²) >= 11 is 0. The summed E-state index contributed by atoms with van der Waals surface area (Å²) in [5.41, 5.74) is 1.87. The molecule has 1 heterocycles. The Labute approximate surface area is 174 Å². The van der Waals surface area contributed by atoms with Gasteiger partial charge in [0.25, 0.3) is 0 Å². The number of hydrogen-bond donors (Lipinski definition) is 0. The molecule has 0 fully saturated rings. The van der Waals surface area contributed by atoms with Crippen LogP contribution in [-0.2, 0) is 32.7 Å². The summed E-state index contributed by atoms with van der Waals surface area (Å²) in [5, 5.41) is 1.05. The third kappa shape index (κ3) is 5.38. The van der Waals surface area contributed by atoms with Crippen LogP contribution in [0.2, 0.25) is 0 Å². The summed E-state index contributed by atoms with van der Waals surface area (Å²) in [6.07, 6.45) is 4.02. The molecule has 0 N–H and O–H groups in total. The van der Waals surface area contributed by atoms with Gasteiger partial charge in [0.1, 0.15) is 17.6 Å². The van der Waals surface area contributed by atoms with Gasteiger partial charge in [-0.1, -0.05) is 13.0 Å². The van der Waals surface area contributed by atoms with Crippen molar-refractivity contribution in [2.75, 3.05) is 0 Å². The van der Waals surface area contributed by atoms with Crippen LogP contribution in [0.25, 0.3) is 10.9 Å². The standard InChI is InChI=1S/C21H20NO2.Y/c1-4-5-16(3)23-18-9-11-19(12-10-18)24-21-13-8-17-7-6-15(2)14-20(17)22-21;/h4-13,16H,1-3H3;/q-1;. The molecule has 3 rings (SSSR count). The Morgan fingerprint density at radius 3 is 2.40 bits per heavy atom. The smallest absolute Gasteiger partial charge is 0.216 e. The van der Waals surface area contributed by atoms with E-state index in [4.69, 9.17) is 9.47 Å². The summed E-state index contributed by atoms with van der Waals surface area (Å²) in [6.45, 7) is 5.98. The monoisotopic (exact) mass is 407 g/mol. The van der Waals surface area contributed by atoms with Gasteiger partial charge in [-0.05, 0) is 55.8 Å². The Morgan fingerprint density at radius 1 is 1.00 bits per heavy atom. The number of ether oxygens (including phenoxy) is 2. The van der Waals surface area contributed by atoms with Gasteiger partial charge in [0.15, 0.2) is 0 Å². The molecule has 0 amide bonds. The Kier molecular flexibility index (Phi) is 7.16. The van der Waals surface area contributed by atoms with E-state index in [2.05, 4.69) is 11.1 Å². The molecule has 0 bridgehead atoms. The molecule has 125 valence electrons. The predicted octanol–water partition coefficient (Wildman–Crippen LogP) is 5.48. The van der Waals surface area contributed by atoms with Crippen LogP contribution in [0.3, 0.4) is 0 Å². The first-order chi connectivity index (χ1) is 11.6. The molecule has 0 aliphatic carbocycles. The fraction of sp³-hybridized carbons (Fsp3) is 0.190. The van der Waals surface area contributed by atoms with Crippen LogP contribution in [0.1, 0.15) is 19.4 Å². The number of aryl methyl sites for hydroxylation is 1. The molecule has 2 aromatic carbocycles. The van der Waals surface area contributed by atoms with Crippen molar-refractivity contribution in [1.82, 2.24) is 4.98 Å². The zero-order chi connectivity index (χ0) is 16.9. The van der Waals surface area contributed by atoms with E-state index >= 15 is 0 Å². The maximum Gasteiger partial charge on any atom is 0.216 e. The minimum Gasteiger partial charge on any atom is -0.487 e. The van der Waals surface area contributed by atoms with E-state index in [0.717, 1.165) is 28.0 Å². The van der Waals surface area contributed by atoms with Gasteiger partial charge in [-0.25, -0.2) is 4.98 Å². The van der Waals surface area contributed by atoms with Crippen LogP contribution < -0.4 is 9.47 Å². The van der Waals surface area contributed by atoms with Crippen molar-refractivity contribution >= 4 is 10.9 Å². The zero-order valence-electron chi connectivity index (χ0n) is 14.7. The van der Waals surface area contributed by atoms with Crippen molar-refractivity contribution in [3.63, 3.8) is 0 Å². The number of fused-ring (bicyclic) bond motifs is 1. The van der Waals surface area contributed by atoms with E-state index in [1.807, 2.05) is 81.5 Å². The summed E-state index contributed by atoms with van der Waals surface area (Å²) in [5.74, 6) is 2.09. The average Bonchev–Trinajstić information content (AvgIpc) is 2.56. The molecule has 25 heavy (non-hydrogen) atoms. The second-order valence-corrected chi connectivity index (χ2v) is 5.65. The maximum atomic E-state index is 5.83. The molecule has 0 spiro atoms. The van der Waals surface area contributed by atoms with Crippen molar-refractivity contribution in [3.05, 3.63) is 72.3 Å². The normalized spacial score (nSPS) is 12.0. The Hall–Kier alpha value is -1.71. The molecule has 0 aliphatic rings. The largest absolute Gasteiger partial charge is 0.487 e. The van der Waals surface area contributed by atoms with Crippen LogP contribution >= 0.6 is 0 Å². The fourth-order valence-electron chi connectivity index (χ4n) is 2.42. The quantitative estimate of drug-likeness (QED) is 0.415. The predicted molar refractivity (Wildman–Crippen MR) is 96.7 cm³/mol. The van der Waals surface area contributed by atoms with Crippen LogP contribution in [0.4, 0.5) is 0 Å². The molecule has 4 heteroatoms. The molecule has 3 nitrogen and oxygen atoms in total. The second kappa shape index (κ2) is 9.12. The summed E-state index contributed by atoms with van der Waals surface area (Å²) in [4.78, 5) is 4.51. The number of pyridine rings is 1. The van der Waals surface area contributed by atoms with Gasteiger partial charge in [0, 0.05) is 32.7 Å². The Bertz CT molecular complexity index is 859. The van der Waals surface area contributed by atoms with E-state index in [9.17, 15) is 0 Å². The number of rotatable bonds is 5. The first-order valence-corrected chi connectivity index (χ1v) is 8.01. The average molecular weight is 407 g/mol. The minimum absolute atomic E-state index is 0. The molecular weight excluding hydrogens is 387 g/mol. The van der Waals surface area contributed by atoms with Gasteiger partial charge < -0.3 is 9.47 Å². The van der Waals surface area contributed by atoms with Crippen molar-refractivity contribution < 1.29 is 42.2 Å². The Morgan fingerprint density at radius 2 is 1.68 bits per heavy atom. The first kappa shape index (κ1) is 19.6. The van der Waals surface area contributed by atoms with Crippen LogP contribution in [0.15, 0.2) is 60.7 Å².